The smallest absolute Gasteiger partial charge is 0.118 e. The number of benzene rings is 2. The molecule has 0 fully saturated rings. The first-order chi connectivity index (χ1) is 9.58. The van der Waals surface area contributed by atoms with Crippen LogP contribution in [-0.4, -0.2) is 19.1 Å². The van der Waals surface area contributed by atoms with E-state index >= 15 is 0 Å². The average molecular weight is 335 g/mol. The van der Waals surface area contributed by atoms with Gasteiger partial charge >= 0.3 is 0 Å². The first-order valence-electron chi connectivity index (χ1n) is 6.44. The van der Waals surface area contributed by atoms with Crippen molar-refractivity contribution in [2.45, 2.75) is 13.1 Å². The maximum Gasteiger partial charge on any atom is 0.118 e. The van der Waals surface area contributed by atoms with Crippen LogP contribution in [0.4, 0.5) is 5.69 Å². The van der Waals surface area contributed by atoms with Crippen LogP contribution in [0.2, 0.25) is 0 Å². The SMILES string of the molecule is COc1ccc(CN(C)Cc2ccc(Br)cc2N)cc1. The standard InChI is InChI=1S/C16H19BrN2O/c1-19(10-12-3-7-15(20-2)8-4-12)11-13-5-6-14(17)9-16(13)18/h3-9H,10-11,18H2,1-2H3. The largest absolute Gasteiger partial charge is 0.497 e. The monoisotopic (exact) mass is 334 g/mol. The first-order valence-corrected chi connectivity index (χ1v) is 7.23. The van der Waals surface area contributed by atoms with Gasteiger partial charge in [-0.15, -0.1) is 0 Å². The number of nitrogens with two attached hydrogens (primary N) is 1. The molecule has 3 nitrogen and oxygen atoms in total. The Hall–Kier alpha value is -1.52. The minimum Gasteiger partial charge on any atom is -0.497 e. The summed E-state index contributed by atoms with van der Waals surface area (Å²) in [6, 6.07) is 14.2. The minimum atomic E-state index is 0.820. The van der Waals surface area contributed by atoms with E-state index in [0.717, 1.165) is 34.6 Å². The van der Waals surface area contributed by atoms with E-state index in [9.17, 15) is 0 Å². The van der Waals surface area contributed by atoms with E-state index in [1.165, 1.54) is 5.56 Å². The molecule has 2 aromatic rings. The summed E-state index contributed by atoms with van der Waals surface area (Å²) in [7, 11) is 3.77. The summed E-state index contributed by atoms with van der Waals surface area (Å²) in [6.07, 6.45) is 0. The molecule has 0 aliphatic heterocycles. The normalized spacial score (nSPS) is 10.8. The van der Waals surface area contributed by atoms with E-state index in [1.807, 2.05) is 24.3 Å². The third-order valence-electron chi connectivity index (χ3n) is 3.16. The van der Waals surface area contributed by atoms with Gasteiger partial charge in [-0.3, -0.25) is 4.90 Å². The molecule has 0 radical (unpaired) electrons. The molecular formula is C16H19BrN2O. The maximum absolute atomic E-state index is 6.03. The zero-order valence-corrected chi connectivity index (χ0v) is 13.4. The fraction of sp³-hybridized carbons (Fsp3) is 0.250. The summed E-state index contributed by atoms with van der Waals surface area (Å²) < 4.78 is 6.17. The van der Waals surface area contributed by atoms with Crippen molar-refractivity contribution in [3.63, 3.8) is 0 Å². The molecule has 0 amide bonds. The number of ether oxygens (including phenoxy) is 1. The summed E-state index contributed by atoms with van der Waals surface area (Å²) in [5.41, 5.74) is 9.24. The average Bonchev–Trinajstić information content (AvgIpc) is 2.43. The van der Waals surface area contributed by atoms with Crippen molar-refractivity contribution in [2.24, 2.45) is 0 Å². The van der Waals surface area contributed by atoms with Crippen LogP contribution >= 0.6 is 15.9 Å². The highest BCUT2D eigenvalue weighted by atomic mass is 79.9. The summed E-state index contributed by atoms with van der Waals surface area (Å²) >= 11 is 3.42. The lowest BCUT2D eigenvalue weighted by Crippen LogP contribution is -2.18. The number of nitrogen functional groups attached to an aromatic ring is 1. The van der Waals surface area contributed by atoms with Gasteiger partial charge in [0, 0.05) is 23.2 Å². The number of anilines is 1. The Morgan fingerprint density at radius 3 is 2.40 bits per heavy atom. The van der Waals surface area contributed by atoms with Crippen molar-refractivity contribution in [1.82, 2.24) is 4.90 Å². The molecule has 0 heterocycles. The molecule has 0 unspecified atom stereocenters. The van der Waals surface area contributed by atoms with Gasteiger partial charge in [-0.1, -0.05) is 34.1 Å². The molecule has 0 bridgehead atoms. The molecule has 0 aromatic heterocycles. The van der Waals surface area contributed by atoms with Crippen LogP contribution in [-0.2, 0) is 13.1 Å². The van der Waals surface area contributed by atoms with Crippen LogP contribution in [0.15, 0.2) is 46.9 Å². The molecule has 0 saturated carbocycles. The highest BCUT2D eigenvalue weighted by molar-refractivity contribution is 9.10. The quantitative estimate of drug-likeness (QED) is 0.848. The topological polar surface area (TPSA) is 38.5 Å². The third kappa shape index (κ3) is 3.99. The van der Waals surface area contributed by atoms with Crippen LogP contribution in [0.1, 0.15) is 11.1 Å². The Kier molecular flexibility index (Phi) is 5.04. The van der Waals surface area contributed by atoms with Crippen molar-refractivity contribution in [2.75, 3.05) is 19.9 Å². The minimum absolute atomic E-state index is 0.820. The van der Waals surface area contributed by atoms with Crippen LogP contribution in [0.25, 0.3) is 0 Å². The zero-order valence-electron chi connectivity index (χ0n) is 11.8. The fourth-order valence-corrected chi connectivity index (χ4v) is 2.48. The molecule has 106 valence electrons. The molecule has 2 rings (SSSR count). The number of methoxy groups -OCH3 is 1. The van der Waals surface area contributed by atoms with Crippen molar-refractivity contribution >= 4 is 21.6 Å². The Morgan fingerprint density at radius 2 is 1.80 bits per heavy atom. The molecule has 20 heavy (non-hydrogen) atoms. The molecule has 2 N–H and O–H groups in total. The lowest BCUT2D eigenvalue weighted by molar-refractivity contribution is 0.319. The molecule has 0 aliphatic rings. The summed E-state index contributed by atoms with van der Waals surface area (Å²) in [5, 5.41) is 0. The van der Waals surface area contributed by atoms with E-state index in [1.54, 1.807) is 7.11 Å². The molecule has 2 aromatic carbocycles. The van der Waals surface area contributed by atoms with Crippen LogP contribution in [0.3, 0.4) is 0 Å². The number of hydrogen-bond donors (Lipinski definition) is 1. The lowest BCUT2D eigenvalue weighted by Gasteiger charge is -2.18. The molecule has 0 spiro atoms. The van der Waals surface area contributed by atoms with Crippen LogP contribution in [0, 0.1) is 0 Å². The van der Waals surface area contributed by atoms with Gasteiger partial charge in [-0.25, -0.2) is 0 Å². The van der Waals surface area contributed by atoms with Gasteiger partial charge < -0.3 is 10.5 Å². The van der Waals surface area contributed by atoms with Crippen molar-refractivity contribution in [1.29, 1.82) is 0 Å². The second kappa shape index (κ2) is 6.77. The number of halogens is 1. The van der Waals surface area contributed by atoms with E-state index in [0.29, 0.717) is 0 Å². The number of nitrogens with zero attached hydrogens (tertiary/aromatic N) is 1. The van der Waals surface area contributed by atoms with Crippen LogP contribution in [0.5, 0.6) is 5.75 Å². The second-order valence-electron chi connectivity index (χ2n) is 4.86. The molecular weight excluding hydrogens is 316 g/mol. The Labute approximate surface area is 128 Å². The van der Waals surface area contributed by atoms with Crippen molar-refractivity contribution < 1.29 is 4.74 Å². The van der Waals surface area contributed by atoms with Gasteiger partial charge in [-0.05, 0) is 42.4 Å². The molecule has 0 aliphatic carbocycles. The summed E-state index contributed by atoms with van der Waals surface area (Å²) in [4.78, 5) is 2.24. The van der Waals surface area contributed by atoms with Gasteiger partial charge in [0.1, 0.15) is 5.75 Å². The number of rotatable bonds is 5. The summed E-state index contributed by atoms with van der Waals surface area (Å²) in [5.74, 6) is 0.883. The van der Waals surface area contributed by atoms with Gasteiger partial charge in [0.15, 0.2) is 0 Å². The maximum atomic E-state index is 6.03. The Bertz CT molecular complexity index is 569. The molecule has 4 heteroatoms. The van der Waals surface area contributed by atoms with Crippen LogP contribution < -0.4 is 10.5 Å². The Morgan fingerprint density at radius 1 is 1.10 bits per heavy atom. The predicted molar refractivity (Wildman–Crippen MR) is 86.7 cm³/mol. The highest BCUT2D eigenvalue weighted by Gasteiger charge is 2.05. The number of hydrogen-bond acceptors (Lipinski definition) is 3. The van der Waals surface area contributed by atoms with Gasteiger partial charge in [0.25, 0.3) is 0 Å². The predicted octanol–water partition coefficient (Wildman–Crippen LogP) is 3.67. The summed E-state index contributed by atoms with van der Waals surface area (Å²) in [6.45, 7) is 1.70. The van der Waals surface area contributed by atoms with Crippen molar-refractivity contribution in [3.8, 4) is 5.75 Å². The van der Waals surface area contributed by atoms with Gasteiger partial charge in [-0.2, -0.15) is 0 Å². The Balaban J connectivity index is 1.99. The van der Waals surface area contributed by atoms with Gasteiger partial charge in [0.2, 0.25) is 0 Å². The molecule has 0 saturated heterocycles. The zero-order chi connectivity index (χ0) is 14.5. The van der Waals surface area contributed by atoms with E-state index in [-0.39, 0.29) is 0 Å². The lowest BCUT2D eigenvalue weighted by atomic mass is 10.1. The third-order valence-corrected chi connectivity index (χ3v) is 3.65. The highest BCUT2D eigenvalue weighted by Crippen LogP contribution is 2.20. The molecule has 0 atom stereocenters. The van der Waals surface area contributed by atoms with Gasteiger partial charge in [0.05, 0.1) is 7.11 Å². The second-order valence-corrected chi connectivity index (χ2v) is 5.78. The first kappa shape index (κ1) is 14.9. The van der Waals surface area contributed by atoms with E-state index in [4.69, 9.17) is 10.5 Å². The fourth-order valence-electron chi connectivity index (χ4n) is 2.10. The van der Waals surface area contributed by atoms with Crippen molar-refractivity contribution in [3.05, 3.63) is 58.1 Å². The van der Waals surface area contributed by atoms with E-state index in [2.05, 4.69) is 46.1 Å². The van der Waals surface area contributed by atoms with E-state index < -0.39 is 0 Å².